The van der Waals surface area contributed by atoms with Crippen molar-refractivity contribution in [3.63, 3.8) is 0 Å². The smallest absolute Gasteiger partial charge is 0.471 e. The summed E-state index contributed by atoms with van der Waals surface area (Å²) in [7, 11) is 0. The average Bonchev–Trinajstić information content (AvgIpc) is 2.22. The summed E-state index contributed by atoms with van der Waals surface area (Å²) in [4.78, 5) is 32.9. The molecule has 110 valence electrons. The summed E-state index contributed by atoms with van der Waals surface area (Å²) in [6, 6.07) is -2.73. The van der Waals surface area contributed by atoms with Gasteiger partial charge in [-0.2, -0.15) is 13.2 Å². The Balaban J connectivity index is 4.79. The van der Waals surface area contributed by atoms with Crippen LogP contribution in [-0.4, -0.2) is 41.2 Å². The molecule has 0 heterocycles. The Morgan fingerprint density at radius 2 is 1.53 bits per heavy atom. The number of aliphatic carboxylic acids is 1. The number of amides is 2. The molecule has 0 aromatic carbocycles. The van der Waals surface area contributed by atoms with Crippen molar-refractivity contribution < 1.29 is 32.7 Å². The fourth-order valence-corrected chi connectivity index (χ4v) is 1.12. The molecular formula is C10H15F3N2O4. The van der Waals surface area contributed by atoms with E-state index in [1.807, 2.05) is 5.32 Å². The van der Waals surface area contributed by atoms with E-state index in [-0.39, 0.29) is 0 Å². The number of nitrogens with one attached hydrogen (secondary N) is 2. The zero-order valence-electron chi connectivity index (χ0n) is 10.5. The molecule has 0 aromatic rings. The standard InChI is InChI=1S/C10H15F3N2O4/c1-4(2)6(15-9(19)10(11,12)13)7(16)14-5(3)8(17)18/h4-6H,1-3H3,(H,14,16)(H,15,19)(H,17,18)/t5?,6-/m0/s1. The molecule has 0 fully saturated rings. The first-order valence-electron chi connectivity index (χ1n) is 5.37. The van der Waals surface area contributed by atoms with E-state index >= 15 is 0 Å². The van der Waals surface area contributed by atoms with E-state index in [2.05, 4.69) is 0 Å². The molecule has 0 aliphatic carbocycles. The molecule has 0 spiro atoms. The van der Waals surface area contributed by atoms with Crippen LogP contribution < -0.4 is 10.6 Å². The number of rotatable bonds is 5. The average molecular weight is 284 g/mol. The van der Waals surface area contributed by atoms with Gasteiger partial charge in [0.1, 0.15) is 12.1 Å². The van der Waals surface area contributed by atoms with Crippen LogP contribution in [0.4, 0.5) is 13.2 Å². The highest BCUT2D eigenvalue weighted by atomic mass is 19.4. The fraction of sp³-hybridized carbons (Fsp3) is 0.700. The van der Waals surface area contributed by atoms with Crippen LogP contribution in [0.15, 0.2) is 0 Å². The van der Waals surface area contributed by atoms with E-state index in [1.54, 1.807) is 0 Å². The minimum Gasteiger partial charge on any atom is -0.480 e. The summed E-state index contributed by atoms with van der Waals surface area (Å²) in [6.07, 6.45) is -5.11. The lowest BCUT2D eigenvalue weighted by Crippen LogP contribution is -2.55. The first-order valence-corrected chi connectivity index (χ1v) is 5.37. The van der Waals surface area contributed by atoms with Gasteiger partial charge in [0.15, 0.2) is 0 Å². The van der Waals surface area contributed by atoms with Crippen LogP contribution in [-0.2, 0) is 14.4 Å². The molecule has 2 amide bonds. The zero-order valence-corrected chi connectivity index (χ0v) is 10.5. The van der Waals surface area contributed by atoms with Gasteiger partial charge in [0, 0.05) is 0 Å². The van der Waals surface area contributed by atoms with Gasteiger partial charge in [0.05, 0.1) is 0 Å². The first kappa shape index (κ1) is 17.2. The third kappa shape index (κ3) is 5.58. The van der Waals surface area contributed by atoms with Gasteiger partial charge < -0.3 is 15.7 Å². The van der Waals surface area contributed by atoms with E-state index in [0.29, 0.717) is 0 Å². The van der Waals surface area contributed by atoms with Crippen molar-refractivity contribution in [2.75, 3.05) is 0 Å². The summed E-state index contributed by atoms with van der Waals surface area (Å²) >= 11 is 0. The van der Waals surface area contributed by atoms with Crippen LogP contribution in [0.5, 0.6) is 0 Å². The molecule has 1 unspecified atom stereocenters. The number of halogens is 3. The van der Waals surface area contributed by atoms with Gasteiger partial charge in [-0.25, -0.2) is 0 Å². The normalized spacial score (nSPS) is 14.7. The second-order valence-corrected chi connectivity index (χ2v) is 4.26. The number of hydrogen-bond acceptors (Lipinski definition) is 3. The van der Waals surface area contributed by atoms with Crippen molar-refractivity contribution in [2.45, 2.75) is 39.0 Å². The molecule has 0 saturated heterocycles. The Labute approximate surface area is 107 Å². The van der Waals surface area contributed by atoms with Gasteiger partial charge >= 0.3 is 18.1 Å². The van der Waals surface area contributed by atoms with Gasteiger partial charge in [-0.15, -0.1) is 0 Å². The number of hydrogen-bond donors (Lipinski definition) is 3. The van der Waals surface area contributed by atoms with Crippen molar-refractivity contribution in [1.82, 2.24) is 10.6 Å². The Bertz CT molecular complexity index is 368. The highest BCUT2D eigenvalue weighted by Crippen LogP contribution is 2.15. The van der Waals surface area contributed by atoms with Crippen LogP contribution in [0, 0.1) is 5.92 Å². The fourth-order valence-electron chi connectivity index (χ4n) is 1.12. The Hall–Kier alpha value is -1.80. The minimum atomic E-state index is -5.11. The van der Waals surface area contributed by atoms with E-state index in [0.717, 1.165) is 6.92 Å². The zero-order chi connectivity index (χ0) is 15.4. The quantitative estimate of drug-likeness (QED) is 0.675. The van der Waals surface area contributed by atoms with Gasteiger partial charge in [-0.3, -0.25) is 14.4 Å². The number of carbonyl (C=O) groups is 3. The number of carbonyl (C=O) groups excluding carboxylic acids is 2. The van der Waals surface area contributed by atoms with Crippen LogP contribution in [0.25, 0.3) is 0 Å². The van der Waals surface area contributed by atoms with Crippen LogP contribution in [0.1, 0.15) is 20.8 Å². The van der Waals surface area contributed by atoms with Crippen LogP contribution in [0.2, 0.25) is 0 Å². The topological polar surface area (TPSA) is 95.5 Å². The summed E-state index contributed by atoms with van der Waals surface area (Å²) in [6.45, 7) is 4.00. The Kier molecular flexibility index (Phi) is 5.79. The summed E-state index contributed by atoms with van der Waals surface area (Å²) in [5, 5.41) is 12.1. The number of carboxylic acids is 1. The first-order chi connectivity index (χ1) is 8.46. The second kappa shape index (κ2) is 6.39. The molecule has 0 rings (SSSR count). The molecule has 3 N–H and O–H groups in total. The summed E-state index contributed by atoms with van der Waals surface area (Å²) in [5.41, 5.74) is 0. The maximum absolute atomic E-state index is 12.1. The molecule has 0 radical (unpaired) electrons. The van der Waals surface area contributed by atoms with Gasteiger partial charge in [0.25, 0.3) is 0 Å². The lowest BCUT2D eigenvalue weighted by Gasteiger charge is -2.23. The lowest BCUT2D eigenvalue weighted by atomic mass is 10.0. The molecular weight excluding hydrogens is 269 g/mol. The number of carboxylic acid groups (broad SMARTS) is 1. The molecule has 0 aliphatic rings. The van der Waals surface area contributed by atoms with Crippen LogP contribution >= 0.6 is 0 Å². The van der Waals surface area contributed by atoms with Crippen molar-refractivity contribution in [2.24, 2.45) is 5.92 Å². The largest absolute Gasteiger partial charge is 0.480 e. The van der Waals surface area contributed by atoms with Crippen LogP contribution in [0.3, 0.4) is 0 Å². The van der Waals surface area contributed by atoms with Crippen molar-refractivity contribution in [3.8, 4) is 0 Å². The lowest BCUT2D eigenvalue weighted by molar-refractivity contribution is -0.175. The van der Waals surface area contributed by atoms with E-state index < -0.39 is 42.0 Å². The molecule has 19 heavy (non-hydrogen) atoms. The Morgan fingerprint density at radius 1 is 1.05 bits per heavy atom. The monoisotopic (exact) mass is 284 g/mol. The van der Waals surface area contributed by atoms with E-state index in [1.165, 1.54) is 19.2 Å². The summed E-state index contributed by atoms with van der Waals surface area (Å²) < 4.78 is 36.3. The second-order valence-electron chi connectivity index (χ2n) is 4.26. The van der Waals surface area contributed by atoms with Gasteiger partial charge in [-0.1, -0.05) is 13.8 Å². The highest BCUT2D eigenvalue weighted by molar-refractivity contribution is 5.91. The molecule has 9 heteroatoms. The van der Waals surface area contributed by atoms with Gasteiger partial charge in [-0.05, 0) is 12.8 Å². The third-order valence-corrected chi connectivity index (χ3v) is 2.22. The van der Waals surface area contributed by atoms with E-state index in [4.69, 9.17) is 5.11 Å². The molecule has 2 atom stereocenters. The van der Waals surface area contributed by atoms with E-state index in [9.17, 15) is 27.6 Å². The molecule has 6 nitrogen and oxygen atoms in total. The molecule has 0 aromatic heterocycles. The molecule has 0 bridgehead atoms. The maximum Gasteiger partial charge on any atom is 0.471 e. The molecule has 0 saturated carbocycles. The van der Waals surface area contributed by atoms with Crippen molar-refractivity contribution >= 4 is 17.8 Å². The van der Waals surface area contributed by atoms with Gasteiger partial charge in [0.2, 0.25) is 5.91 Å². The van der Waals surface area contributed by atoms with Crippen molar-refractivity contribution in [1.29, 1.82) is 0 Å². The highest BCUT2D eigenvalue weighted by Gasteiger charge is 2.41. The maximum atomic E-state index is 12.1. The third-order valence-electron chi connectivity index (χ3n) is 2.22. The SMILES string of the molecule is CC(NC(=O)[C@@H](NC(=O)C(F)(F)F)C(C)C)C(=O)O. The minimum absolute atomic E-state index is 0.632. The summed E-state index contributed by atoms with van der Waals surface area (Å²) in [5.74, 6) is -5.20. The Morgan fingerprint density at radius 3 is 1.84 bits per heavy atom. The molecule has 0 aliphatic heterocycles. The predicted molar refractivity (Wildman–Crippen MR) is 58.1 cm³/mol. The number of alkyl halides is 3. The predicted octanol–water partition coefficient (Wildman–Crippen LogP) is 0.279. The van der Waals surface area contributed by atoms with Crippen molar-refractivity contribution in [3.05, 3.63) is 0 Å².